The highest BCUT2D eigenvalue weighted by Crippen LogP contribution is 2.37. The summed E-state index contributed by atoms with van der Waals surface area (Å²) in [5.41, 5.74) is 6.04. The van der Waals surface area contributed by atoms with Gasteiger partial charge in [0.15, 0.2) is 0 Å². The first-order valence-electron chi connectivity index (χ1n) is 9.91. The predicted octanol–water partition coefficient (Wildman–Crippen LogP) is 7.42. The maximum atomic E-state index is 6.32. The molecule has 0 amide bonds. The number of hydrogen-bond donors (Lipinski definition) is 0. The van der Waals surface area contributed by atoms with Crippen molar-refractivity contribution in [2.24, 2.45) is 0 Å². The molecule has 3 aromatic carbocycles. The van der Waals surface area contributed by atoms with E-state index in [0.717, 1.165) is 33.2 Å². The van der Waals surface area contributed by atoms with E-state index in [1.165, 1.54) is 5.56 Å². The highest BCUT2D eigenvalue weighted by atomic mass is 35.5. The van der Waals surface area contributed by atoms with Gasteiger partial charge in [0.05, 0.1) is 17.7 Å². The van der Waals surface area contributed by atoms with Crippen molar-refractivity contribution in [3.05, 3.63) is 102 Å². The molecule has 2 aromatic heterocycles. The molecule has 5 aromatic rings. The second-order valence-electron chi connectivity index (χ2n) is 7.16. The first-order chi connectivity index (χ1) is 15.6. The normalized spacial score (nSPS) is 11.1. The van der Waals surface area contributed by atoms with Crippen LogP contribution in [0, 0.1) is 0 Å². The first-order valence-corrected chi connectivity index (χ1v) is 11.9. The second-order valence-corrected chi connectivity index (χ2v) is 8.83. The highest BCUT2D eigenvalue weighted by molar-refractivity contribution is 7.98. The van der Waals surface area contributed by atoms with Crippen LogP contribution >= 0.6 is 35.0 Å². The monoisotopic (exact) mass is 476 g/mol. The third-order valence-corrected chi connectivity index (χ3v) is 6.24. The summed E-state index contributed by atoms with van der Waals surface area (Å²) in [5.74, 6) is 0. The zero-order chi connectivity index (χ0) is 22.1. The Morgan fingerprint density at radius 2 is 1.47 bits per heavy atom. The lowest BCUT2D eigenvalue weighted by Crippen LogP contribution is -2.01. The number of hydrogen-bond acceptors (Lipinski definition) is 3. The Kier molecular flexibility index (Phi) is 5.79. The largest absolute Gasteiger partial charge is 0.302 e. The lowest BCUT2D eigenvalue weighted by atomic mass is 10.0. The van der Waals surface area contributed by atoms with Crippen LogP contribution in [-0.4, -0.2) is 25.6 Å². The molecule has 2 heterocycles. The van der Waals surface area contributed by atoms with Crippen molar-refractivity contribution in [1.29, 1.82) is 0 Å². The van der Waals surface area contributed by atoms with Crippen LogP contribution in [0.2, 0.25) is 10.0 Å². The number of aromatic nitrogens is 4. The molecule has 0 unspecified atom stereocenters. The lowest BCUT2D eigenvalue weighted by Gasteiger charge is -2.12. The van der Waals surface area contributed by atoms with Crippen LogP contribution < -0.4 is 0 Å². The van der Waals surface area contributed by atoms with E-state index < -0.39 is 0 Å². The van der Waals surface area contributed by atoms with Crippen molar-refractivity contribution in [3.63, 3.8) is 0 Å². The van der Waals surface area contributed by atoms with E-state index in [9.17, 15) is 0 Å². The van der Waals surface area contributed by atoms with Gasteiger partial charge in [0.25, 0.3) is 0 Å². The van der Waals surface area contributed by atoms with E-state index in [1.807, 2.05) is 52.0 Å². The molecule has 0 aliphatic rings. The third kappa shape index (κ3) is 3.95. The average Bonchev–Trinajstić information content (AvgIpc) is 3.47. The number of nitrogens with zero attached hydrogens (tertiary/aromatic N) is 4. The summed E-state index contributed by atoms with van der Waals surface area (Å²) in [7, 11) is 0. The quantitative estimate of drug-likeness (QED) is 0.247. The van der Waals surface area contributed by atoms with Crippen molar-refractivity contribution >= 4 is 35.0 Å². The zero-order valence-electron chi connectivity index (χ0n) is 17.1. The number of halogens is 2. The Hall–Kier alpha value is -2.99. The minimum atomic E-state index is 0.559. The standard InChI is InChI=1S/C25H18Cl2N4S/c1-32-25-24(30-12-11-28-16-30)23(31(29-25)22-14-20(26)13-21(27)15-22)19-9-7-18(8-10-19)17-5-3-2-4-6-17/h2-16H,1H3. The molecule has 32 heavy (non-hydrogen) atoms. The van der Waals surface area contributed by atoms with Crippen LogP contribution in [0.1, 0.15) is 0 Å². The first kappa shape index (κ1) is 20.9. The molecule has 4 nitrogen and oxygen atoms in total. The van der Waals surface area contributed by atoms with E-state index in [2.05, 4.69) is 41.4 Å². The van der Waals surface area contributed by atoms with E-state index in [0.29, 0.717) is 10.0 Å². The summed E-state index contributed by atoms with van der Waals surface area (Å²) in [6.45, 7) is 0. The number of benzene rings is 3. The Morgan fingerprint density at radius 1 is 0.812 bits per heavy atom. The molecule has 158 valence electrons. The molecule has 0 saturated heterocycles. The summed E-state index contributed by atoms with van der Waals surface area (Å²) in [4.78, 5) is 4.25. The summed E-state index contributed by atoms with van der Waals surface area (Å²) in [6.07, 6.45) is 7.49. The average molecular weight is 477 g/mol. The Labute approximate surface area is 200 Å². The molecule has 0 fully saturated rings. The predicted molar refractivity (Wildman–Crippen MR) is 133 cm³/mol. The Morgan fingerprint density at radius 3 is 2.09 bits per heavy atom. The van der Waals surface area contributed by atoms with Crippen LogP contribution in [0.15, 0.2) is 96.5 Å². The van der Waals surface area contributed by atoms with E-state index >= 15 is 0 Å². The highest BCUT2D eigenvalue weighted by Gasteiger charge is 2.22. The summed E-state index contributed by atoms with van der Waals surface area (Å²) in [6, 6.07) is 24.3. The number of imidazole rings is 1. The zero-order valence-corrected chi connectivity index (χ0v) is 19.4. The minimum absolute atomic E-state index is 0.559. The summed E-state index contributed by atoms with van der Waals surface area (Å²) in [5, 5.41) is 6.90. The van der Waals surface area contributed by atoms with Gasteiger partial charge in [-0.1, -0.05) is 77.8 Å². The van der Waals surface area contributed by atoms with Gasteiger partial charge in [0.1, 0.15) is 10.7 Å². The van der Waals surface area contributed by atoms with Crippen molar-refractivity contribution in [1.82, 2.24) is 19.3 Å². The molecule has 5 rings (SSSR count). The van der Waals surface area contributed by atoms with Crippen molar-refractivity contribution in [3.8, 4) is 33.8 Å². The van der Waals surface area contributed by atoms with Gasteiger partial charge < -0.3 is 4.57 Å². The maximum absolute atomic E-state index is 6.32. The van der Waals surface area contributed by atoms with Gasteiger partial charge in [-0.25, -0.2) is 9.67 Å². The van der Waals surface area contributed by atoms with Crippen LogP contribution in [-0.2, 0) is 0 Å². The minimum Gasteiger partial charge on any atom is -0.302 e. The lowest BCUT2D eigenvalue weighted by molar-refractivity contribution is 0.842. The van der Waals surface area contributed by atoms with E-state index in [-0.39, 0.29) is 0 Å². The van der Waals surface area contributed by atoms with Crippen molar-refractivity contribution in [2.75, 3.05) is 6.26 Å². The fraction of sp³-hybridized carbons (Fsp3) is 0.0400. The molecule has 0 atom stereocenters. The van der Waals surface area contributed by atoms with Gasteiger partial charge in [-0.05, 0) is 35.6 Å². The van der Waals surface area contributed by atoms with Crippen LogP contribution in [0.4, 0.5) is 0 Å². The molecule has 7 heteroatoms. The topological polar surface area (TPSA) is 35.6 Å². The van der Waals surface area contributed by atoms with Gasteiger partial charge in [0, 0.05) is 28.0 Å². The van der Waals surface area contributed by atoms with Crippen molar-refractivity contribution in [2.45, 2.75) is 5.03 Å². The molecule has 0 radical (unpaired) electrons. The summed E-state index contributed by atoms with van der Waals surface area (Å²) >= 11 is 14.2. The molecule has 0 saturated carbocycles. The molecule has 0 bridgehead atoms. The van der Waals surface area contributed by atoms with Gasteiger partial charge in [-0.3, -0.25) is 0 Å². The van der Waals surface area contributed by atoms with Crippen LogP contribution in [0.3, 0.4) is 0 Å². The van der Waals surface area contributed by atoms with Gasteiger partial charge in [-0.15, -0.1) is 11.8 Å². The van der Waals surface area contributed by atoms with Gasteiger partial charge in [-0.2, -0.15) is 5.10 Å². The SMILES string of the molecule is CSc1nn(-c2cc(Cl)cc(Cl)c2)c(-c2ccc(-c3ccccc3)cc2)c1-n1ccnc1. The molecule has 0 aliphatic carbocycles. The van der Waals surface area contributed by atoms with E-state index in [1.54, 1.807) is 30.4 Å². The smallest absolute Gasteiger partial charge is 0.143 e. The fourth-order valence-electron chi connectivity index (χ4n) is 3.71. The molecule has 0 spiro atoms. The van der Waals surface area contributed by atoms with Gasteiger partial charge in [0.2, 0.25) is 0 Å². The molecular weight excluding hydrogens is 459 g/mol. The van der Waals surface area contributed by atoms with Crippen LogP contribution in [0.25, 0.3) is 33.8 Å². The fourth-order valence-corrected chi connectivity index (χ4v) is 4.78. The van der Waals surface area contributed by atoms with Gasteiger partial charge >= 0.3 is 0 Å². The second kappa shape index (κ2) is 8.87. The van der Waals surface area contributed by atoms with E-state index in [4.69, 9.17) is 28.3 Å². The third-order valence-electron chi connectivity index (χ3n) is 5.14. The molecular formula is C25H18Cl2N4S. The summed E-state index contributed by atoms with van der Waals surface area (Å²) < 4.78 is 3.89. The van der Waals surface area contributed by atoms with Crippen LogP contribution in [0.5, 0.6) is 0 Å². The number of thioether (sulfide) groups is 1. The Bertz CT molecular complexity index is 1340. The molecule has 0 N–H and O–H groups in total. The van der Waals surface area contributed by atoms with Crippen molar-refractivity contribution < 1.29 is 0 Å². The maximum Gasteiger partial charge on any atom is 0.143 e. The molecule has 0 aliphatic heterocycles. The number of rotatable bonds is 5. The Balaban J connectivity index is 1.73.